The Hall–Kier alpha value is -4.52. The molecular weight excluding hydrogens is 644 g/mol. The van der Waals surface area contributed by atoms with Gasteiger partial charge < -0.3 is 29.5 Å². The minimum Gasteiger partial charge on any atom is -0.392 e. The van der Waals surface area contributed by atoms with E-state index in [4.69, 9.17) is 9.72 Å². The molecule has 12 heteroatoms. The molecule has 0 aromatic carbocycles. The van der Waals surface area contributed by atoms with Gasteiger partial charge in [-0.15, -0.1) is 0 Å². The van der Waals surface area contributed by atoms with Crippen LogP contribution in [0.4, 0.5) is 23.0 Å². The van der Waals surface area contributed by atoms with E-state index in [9.17, 15) is 14.7 Å². The smallest absolute Gasteiger partial charge is 0.275 e. The second-order valence-electron chi connectivity index (χ2n) is 15.1. The van der Waals surface area contributed by atoms with Gasteiger partial charge in [0.15, 0.2) is 0 Å². The monoisotopic (exact) mass is 694 g/mol. The molecule has 0 bridgehead atoms. The van der Waals surface area contributed by atoms with E-state index in [0.717, 1.165) is 69.9 Å². The largest absolute Gasteiger partial charge is 0.392 e. The van der Waals surface area contributed by atoms with Gasteiger partial charge in [-0.25, -0.2) is 9.97 Å². The highest BCUT2D eigenvalue weighted by Gasteiger charge is 2.36. The third-order valence-corrected chi connectivity index (χ3v) is 10.9. The number of allylic oxidation sites excluding steroid dienone is 2. The molecule has 0 aliphatic carbocycles. The number of nitrogens with zero attached hydrogens (tertiary/aromatic N) is 7. The van der Waals surface area contributed by atoms with Crippen molar-refractivity contribution in [2.45, 2.75) is 58.7 Å². The van der Waals surface area contributed by atoms with Gasteiger partial charge in [-0.3, -0.25) is 19.4 Å². The number of fused-ring (bicyclic) bond motifs is 1. The molecule has 7 heterocycles. The Morgan fingerprint density at radius 3 is 2.61 bits per heavy atom. The molecule has 12 nitrogen and oxygen atoms in total. The first kappa shape index (κ1) is 34.9. The SMILES string of the molecule is C=C1/C=C2/C(=O)N(c3nccc(-c4cc(Nc5ccc(N6CCN(C7COC7)C[C@@H]6CC)cn5)c(=O)n(C)c4)c3CO)CCN2CCC(C)(C)C1. The van der Waals surface area contributed by atoms with E-state index in [1.165, 1.54) is 4.57 Å². The molecule has 0 unspecified atom stereocenters. The maximum atomic E-state index is 14.0. The van der Waals surface area contributed by atoms with Crippen molar-refractivity contribution in [2.24, 2.45) is 12.5 Å². The van der Waals surface area contributed by atoms with E-state index in [1.54, 1.807) is 30.4 Å². The lowest BCUT2D eigenvalue weighted by atomic mass is 9.81. The van der Waals surface area contributed by atoms with Gasteiger partial charge in [0, 0.05) is 75.9 Å². The Bertz CT molecular complexity index is 1880. The second kappa shape index (κ2) is 14.2. The fourth-order valence-electron chi connectivity index (χ4n) is 7.88. The Morgan fingerprint density at radius 2 is 1.90 bits per heavy atom. The number of aliphatic hydroxyl groups is 1. The normalized spacial score (nSPS) is 22.5. The van der Waals surface area contributed by atoms with Crippen molar-refractivity contribution in [3.8, 4) is 11.1 Å². The fourth-order valence-corrected chi connectivity index (χ4v) is 7.88. The summed E-state index contributed by atoms with van der Waals surface area (Å²) in [5, 5.41) is 14.0. The van der Waals surface area contributed by atoms with Gasteiger partial charge in [0.1, 0.15) is 23.0 Å². The third-order valence-electron chi connectivity index (χ3n) is 10.9. The molecule has 270 valence electrons. The van der Waals surface area contributed by atoms with Crippen molar-refractivity contribution >= 4 is 28.9 Å². The van der Waals surface area contributed by atoms with Crippen LogP contribution >= 0.6 is 0 Å². The third kappa shape index (κ3) is 7.04. The van der Waals surface area contributed by atoms with Crippen LogP contribution < -0.4 is 20.7 Å². The first-order valence-electron chi connectivity index (χ1n) is 18.1. The van der Waals surface area contributed by atoms with Gasteiger partial charge >= 0.3 is 0 Å². The van der Waals surface area contributed by atoms with E-state index < -0.39 is 0 Å². The zero-order valence-corrected chi connectivity index (χ0v) is 30.3. The number of hydrogen-bond acceptors (Lipinski definition) is 10. The second-order valence-corrected chi connectivity index (χ2v) is 15.1. The number of piperazine rings is 2. The average molecular weight is 695 g/mol. The molecule has 0 spiro atoms. The maximum absolute atomic E-state index is 14.0. The molecule has 2 N–H and O–H groups in total. The van der Waals surface area contributed by atoms with Gasteiger partial charge in [0.05, 0.1) is 37.7 Å². The molecular formula is C39H50N8O4. The molecule has 3 fully saturated rings. The molecule has 7 rings (SSSR count). The average Bonchev–Trinajstić information content (AvgIpc) is 3.09. The number of amides is 1. The van der Waals surface area contributed by atoms with Gasteiger partial charge in [-0.2, -0.15) is 0 Å². The summed E-state index contributed by atoms with van der Waals surface area (Å²) in [4.78, 5) is 45.4. The number of anilines is 4. The lowest BCUT2D eigenvalue weighted by Gasteiger charge is -2.47. The van der Waals surface area contributed by atoms with Crippen molar-refractivity contribution < 1.29 is 14.6 Å². The number of carbonyl (C=O) groups is 1. The van der Waals surface area contributed by atoms with Gasteiger partial charge in [-0.1, -0.05) is 32.9 Å². The van der Waals surface area contributed by atoms with Crippen molar-refractivity contribution in [3.63, 3.8) is 0 Å². The van der Waals surface area contributed by atoms with Crippen molar-refractivity contribution in [3.05, 3.63) is 82.7 Å². The van der Waals surface area contributed by atoms with Crippen LogP contribution in [0.25, 0.3) is 11.1 Å². The summed E-state index contributed by atoms with van der Waals surface area (Å²) in [5.41, 5.74) is 4.78. The van der Waals surface area contributed by atoms with E-state index in [2.05, 4.69) is 58.4 Å². The minimum atomic E-state index is -0.331. The summed E-state index contributed by atoms with van der Waals surface area (Å²) in [5.74, 6) is 0.824. The number of aromatic nitrogens is 3. The molecule has 1 atom stereocenters. The maximum Gasteiger partial charge on any atom is 0.275 e. The number of nitrogens with one attached hydrogen (secondary N) is 1. The van der Waals surface area contributed by atoms with Crippen molar-refractivity contribution in [1.82, 2.24) is 24.3 Å². The Labute approximate surface area is 300 Å². The molecule has 4 aliphatic rings. The van der Waals surface area contributed by atoms with Gasteiger partial charge in [-0.05, 0) is 60.6 Å². The molecule has 0 saturated carbocycles. The predicted octanol–water partition coefficient (Wildman–Crippen LogP) is 4.29. The number of rotatable bonds is 8. The van der Waals surface area contributed by atoms with Crippen LogP contribution in [0, 0.1) is 5.41 Å². The Kier molecular flexibility index (Phi) is 9.75. The molecule has 4 aliphatic heterocycles. The number of aryl methyl sites for hydroxylation is 1. The molecule has 3 saturated heterocycles. The topological polar surface area (TPSA) is 119 Å². The van der Waals surface area contributed by atoms with E-state index >= 15 is 0 Å². The molecule has 51 heavy (non-hydrogen) atoms. The number of hydrogen-bond donors (Lipinski definition) is 2. The van der Waals surface area contributed by atoms with Crippen LogP contribution in [-0.2, 0) is 23.2 Å². The summed E-state index contributed by atoms with van der Waals surface area (Å²) in [6, 6.07) is 8.49. The highest BCUT2D eigenvalue weighted by atomic mass is 16.5. The van der Waals surface area contributed by atoms with E-state index in [1.807, 2.05) is 24.4 Å². The lowest BCUT2D eigenvalue weighted by molar-refractivity contribution is -0.118. The molecule has 3 aromatic rings. The number of carbonyl (C=O) groups excluding carboxylic acids is 1. The van der Waals surface area contributed by atoms with Gasteiger partial charge in [0.25, 0.3) is 11.5 Å². The lowest BCUT2D eigenvalue weighted by Crippen LogP contribution is -2.60. The molecule has 3 aromatic heterocycles. The fraction of sp³-hybridized carbons (Fsp3) is 0.487. The quantitative estimate of drug-likeness (QED) is 0.354. The summed E-state index contributed by atoms with van der Waals surface area (Å²) >= 11 is 0. The highest BCUT2D eigenvalue weighted by Crippen LogP contribution is 2.36. The van der Waals surface area contributed by atoms with Crippen LogP contribution in [-0.4, -0.2) is 99.9 Å². The van der Waals surface area contributed by atoms with Crippen LogP contribution in [0.2, 0.25) is 0 Å². The first-order valence-corrected chi connectivity index (χ1v) is 18.1. The van der Waals surface area contributed by atoms with Gasteiger partial charge in [0.2, 0.25) is 0 Å². The Morgan fingerprint density at radius 1 is 1.08 bits per heavy atom. The highest BCUT2D eigenvalue weighted by molar-refractivity contribution is 6.06. The van der Waals surface area contributed by atoms with Crippen molar-refractivity contribution in [1.29, 1.82) is 0 Å². The van der Waals surface area contributed by atoms with E-state index in [0.29, 0.717) is 64.9 Å². The predicted molar refractivity (Wildman–Crippen MR) is 200 cm³/mol. The summed E-state index contributed by atoms with van der Waals surface area (Å²) < 4.78 is 6.94. The first-order chi connectivity index (χ1) is 24.5. The summed E-state index contributed by atoms with van der Waals surface area (Å²) in [7, 11) is 1.70. The number of aliphatic hydroxyl groups excluding tert-OH is 1. The Balaban J connectivity index is 1.13. The summed E-state index contributed by atoms with van der Waals surface area (Å²) in [6.45, 7) is 17.1. The minimum absolute atomic E-state index is 0.113. The van der Waals surface area contributed by atoms with Crippen molar-refractivity contribution in [2.75, 3.05) is 67.6 Å². The number of ether oxygens (including phenoxy) is 1. The van der Waals surface area contributed by atoms with Crippen LogP contribution in [0.1, 0.15) is 45.6 Å². The molecule has 0 radical (unpaired) electrons. The zero-order valence-electron chi connectivity index (χ0n) is 30.3. The van der Waals surface area contributed by atoms with Crippen LogP contribution in [0.15, 0.2) is 71.6 Å². The number of pyridine rings is 3. The standard InChI is InChI=1S/C39H50N8O4/c1-6-28-22-45(30-24-51-25-30)14-15-46(28)29-7-8-35(41-20-29)42-33-18-27(21-43(5)37(33)49)31-9-11-40-36(32(31)23-48)47-16-13-44-12-10-39(3,4)19-26(2)17-34(44)38(47)50/h7-9,11,17-18,20-21,28,30,48H,2,6,10,12-16,19,22-25H2,1,3-5H3,(H,41,42)/b34-17-/t28-/m0/s1. The van der Waals surface area contributed by atoms with Crippen LogP contribution in [0.3, 0.4) is 0 Å². The summed E-state index contributed by atoms with van der Waals surface area (Å²) in [6.07, 6.45) is 10.0. The zero-order chi connectivity index (χ0) is 35.9. The van der Waals surface area contributed by atoms with E-state index in [-0.39, 0.29) is 23.5 Å². The van der Waals surface area contributed by atoms with Crippen LogP contribution in [0.5, 0.6) is 0 Å². The molecule has 1 amide bonds.